The molecule has 0 spiro atoms. The Morgan fingerprint density at radius 3 is 2.46 bits per heavy atom. The van der Waals surface area contributed by atoms with Gasteiger partial charge in [0.2, 0.25) is 0 Å². The molecular formula is C19H19Cl2NO2. The van der Waals surface area contributed by atoms with Crippen molar-refractivity contribution < 1.29 is 9.53 Å². The minimum absolute atomic E-state index is 0.103. The SMILES string of the molecule is O=C(NCC1(c2ccccc2)CCOCC1)c1ccc(Cl)cc1Cl. The number of amides is 1. The maximum Gasteiger partial charge on any atom is 0.252 e. The fraction of sp³-hybridized carbons (Fsp3) is 0.316. The second-order valence-electron chi connectivity index (χ2n) is 6.07. The van der Waals surface area contributed by atoms with E-state index in [1.807, 2.05) is 18.2 Å². The van der Waals surface area contributed by atoms with E-state index in [9.17, 15) is 4.79 Å². The Morgan fingerprint density at radius 2 is 1.79 bits per heavy atom. The molecule has 0 saturated carbocycles. The lowest BCUT2D eigenvalue weighted by molar-refractivity contribution is 0.0487. The van der Waals surface area contributed by atoms with Crippen LogP contribution in [0.5, 0.6) is 0 Å². The molecule has 1 saturated heterocycles. The van der Waals surface area contributed by atoms with Gasteiger partial charge in [-0.15, -0.1) is 0 Å². The molecule has 1 amide bonds. The van der Waals surface area contributed by atoms with Crippen LogP contribution in [0, 0.1) is 0 Å². The van der Waals surface area contributed by atoms with Gasteiger partial charge in [-0.05, 0) is 36.6 Å². The Bertz CT molecular complexity index is 713. The third-order valence-electron chi connectivity index (χ3n) is 4.60. The molecule has 0 unspecified atom stereocenters. The predicted molar refractivity (Wildman–Crippen MR) is 97.0 cm³/mol. The Kier molecular flexibility index (Phi) is 5.44. The highest BCUT2D eigenvalue weighted by Gasteiger charge is 2.34. The lowest BCUT2D eigenvalue weighted by Crippen LogP contribution is -2.44. The minimum Gasteiger partial charge on any atom is -0.381 e. The van der Waals surface area contributed by atoms with E-state index in [1.54, 1.807) is 18.2 Å². The molecule has 1 fully saturated rings. The highest BCUT2D eigenvalue weighted by molar-refractivity contribution is 6.36. The van der Waals surface area contributed by atoms with E-state index in [0.29, 0.717) is 35.4 Å². The van der Waals surface area contributed by atoms with Gasteiger partial charge in [-0.2, -0.15) is 0 Å². The zero-order chi connectivity index (χ0) is 17.0. The molecule has 1 N–H and O–H groups in total. The first-order valence-electron chi connectivity index (χ1n) is 7.97. The smallest absolute Gasteiger partial charge is 0.252 e. The summed E-state index contributed by atoms with van der Waals surface area (Å²) in [6, 6.07) is 15.2. The first-order valence-corrected chi connectivity index (χ1v) is 8.73. The Labute approximate surface area is 151 Å². The molecule has 1 heterocycles. The molecule has 1 aliphatic rings. The fourth-order valence-electron chi connectivity index (χ4n) is 3.14. The summed E-state index contributed by atoms with van der Waals surface area (Å²) in [7, 11) is 0. The normalized spacial score (nSPS) is 16.6. The van der Waals surface area contributed by atoms with E-state index < -0.39 is 0 Å². The molecule has 0 aromatic heterocycles. The van der Waals surface area contributed by atoms with Crippen molar-refractivity contribution in [2.45, 2.75) is 18.3 Å². The van der Waals surface area contributed by atoms with Crippen LogP contribution in [0.25, 0.3) is 0 Å². The van der Waals surface area contributed by atoms with Crippen LogP contribution in [0.1, 0.15) is 28.8 Å². The summed E-state index contributed by atoms with van der Waals surface area (Å²) in [6.45, 7) is 1.96. The van der Waals surface area contributed by atoms with Crippen LogP contribution in [-0.2, 0) is 10.2 Å². The van der Waals surface area contributed by atoms with E-state index in [0.717, 1.165) is 12.8 Å². The molecule has 0 radical (unpaired) electrons. The highest BCUT2D eigenvalue weighted by atomic mass is 35.5. The number of nitrogens with one attached hydrogen (secondary N) is 1. The molecule has 2 aromatic rings. The largest absolute Gasteiger partial charge is 0.381 e. The van der Waals surface area contributed by atoms with Crippen LogP contribution in [0.2, 0.25) is 10.0 Å². The molecule has 5 heteroatoms. The summed E-state index contributed by atoms with van der Waals surface area (Å²) < 4.78 is 5.52. The van der Waals surface area contributed by atoms with Gasteiger partial charge in [-0.3, -0.25) is 4.79 Å². The molecular weight excluding hydrogens is 345 g/mol. The van der Waals surface area contributed by atoms with Crippen LogP contribution in [0.15, 0.2) is 48.5 Å². The van der Waals surface area contributed by atoms with Crippen molar-refractivity contribution in [3.63, 3.8) is 0 Å². The number of benzene rings is 2. The summed E-state index contributed by atoms with van der Waals surface area (Å²) in [6.07, 6.45) is 1.76. The number of hydrogen-bond acceptors (Lipinski definition) is 2. The third-order valence-corrected chi connectivity index (χ3v) is 5.15. The van der Waals surface area contributed by atoms with Crippen molar-refractivity contribution in [2.75, 3.05) is 19.8 Å². The maximum atomic E-state index is 12.5. The average Bonchev–Trinajstić information content (AvgIpc) is 2.61. The number of halogens is 2. The monoisotopic (exact) mass is 363 g/mol. The first-order chi connectivity index (χ1) is 11.6. The zero-order valence-corrected chi connectivity index (χ0v) is 14.7. The highest BCUT2D eigenvalue weighted by Crippen LogP contribution is 2.34. The molecule has 24 heavy (non-hydrogen) atoms. The summed E-state index contributed by atoms with van der Waals surface area (Å²) >= 11 is 12.0. The van der Waals surface area contributed by atoms with E-state index in [-0.39, 0.29) is 11.3 Å². The number of hydrogen-bond donors (Lipinski definition) is 1. The maximum absolute atomic E-state index is 12.5. The van der Waals surface area contributed by atoms with Gasteiger partial charge in [0.25, 0.3) is 5.91 Å². The summed E-state index contributed by atoms with van der Waals surface area (Å²) in [5, 5.41) is 3.92. The van der Waals surface area contributed by atoms with Gasteiger partial charge < -0.3 is 10.1 Å². The lowest BCUT2D eigenvalue weighted by atomic mass is 9.74. The van der Waals surface area contributed by atoms with Crippen molar-refractivity contribution in [3.8, 4) is 0 Å². The van der Waals surface area contributed by atoms with E-state index in [1.165, 1.54) is 5.56 Å². The molecule has 0 atom stereocenters. The van der Waals surface area contributed by atoms with Crippen molar-refractivity contribution in [2.24, 2.45) is 0 Å². The van der Waals surface area contributed by atoms with Crippen LogP contribution >= 0.6 is 23.2 Å². The standard InChI is InChI=1S/C19H19Cl2NO2/c20-15-6-7-16(17(21)12-15)18(23)22-13-19(8-10-24-11-9-19)14-4-2-1-3-5-14/h1-7,12H,8-11,13H2,(H,22,23). The van der Waals surface area contributed by atoms with Crippen LogP contribution in [0.3, 0.4) is 0 Å². The molecule has 2 aromatic carbocycles. The first kappa shape index (κ1) is 17.3. The van der Waals surface area contributed by atoms with Gasteiger partial charge in [0.15, 0.2) is 0 Å². The van der Waals surface area contributed by atoms with Gasteiger partial charge in [0, 0.05) is 30.2 Å². The molecule has 0 bridgehead atoms. The minimum atomic E-state index is -0.182. The third kappa shape index (κ3) is 3.75. The van der Waals surface area contributed by atoms with Crippen molar-refractivity contribution in [1.82, 2.24) is 5.32 Å². The van der Waals surface area contributed by atoms with Crippen molar-refractivity contribution >= 4 is 29.1 Å². The van der Waals surface area contributed by atoms with Gasteiger partial charge in [-0.25, -0.2) is 0 Å². The number of carbonyl (C=O) groups excluding carboxylic acids is 1. The second kappa shape index (κ2) is 7.56. The van der Waals surface area contributed by atoms with Gasteiger partial charge in [-0.1, -0.05) is 53.5 Å². The predicted octanol–water partition coefficient (Wildman–Crippen LogP) is 4.47. The summed E-state index contributed by atoms with van der Waals surface area (Å²) in [5.41, 5.74) is 1.57. The van der Waals surface area contributed by atoms with Gasteiger partial charge in [0.05, 0.1) is 10.6 Å². The number of ether oxygens (including phenoxy) is 1. The molecule has 3 nitrogen and oxygen atoms in total. The van der Waals surface area contributed by atoms with E-state index in [2.05, 4.69) is 17.4 Å². The quantitative estimate of drug-likeness (QED) is 0.869. The Balaban J connectivity index is 1.78. The summed E-state index contributed by atoms with van der Waals surface area (Å²) in [5.74, 6) is -0.182. The van der Waals surface area contributed by atoms with E-state index >= 15 is 0 Å². The van der Waals surface area contributed by atoms with Crippen molar-refractivity contribution in [1.29, 1.82) is 0 Å². The van der Waals surface area contributed by atoms with Crippen molar-refractivity contribution in [3.05, 3.63) is 69.7 Å². The second-order valence-corrected chi connectivity index (χ2v) is 6.91. The van der Waals surface area contributed by atoms with Crippen LogP contribution in [-0.4, -0.2) is 25.7 Å². The average molecular weight is 364 g/mol. The number of carbonyl (C=O) groups is 1. The molecule has 1 aliphatic heterocycles. The van der Waals surface area contributed by atoms with E-state index in [4.69, 9.17) is 27.9 Å². The summed E-state index contributed by atoms with van der Waals surface area (Å²) in [4.78, 5) is 12.5. The Morgan fingerprint density at radius 1 is 1.08 bits per heavy atom. The topological polar surface area (TPSA) is 38.3 Å². The molecule has 3 rings (SSSR count). The number of rotatable bonds is 4. The van der Waals surface area contributed by atoms with Gasteiger partial charge in [0.1, 0.15) is 0 Å². The van der Waals surface area contributed by atoms with Crippen LogP contribution < -0.4 is 5.32 Å². The molecule has 0 aliphatic carbocycles. The fourth-order valence-corrected chi connectivity index (χ4v) is 3.63. The molecule has 126 valence electrons. The van der Waals surface area contributed by atoms with Gasteiger partial charge >= 0.3 is 0 Å². The van der Waals surface area contributed by atoms with Crippen LogP contribution in [0.4, 0.5) is 0 Å². The zero-order valence-electron chi connectivity index (χ0n) is 13.2. The lowest BCUT2D eigenvalue weighted by Gasteiger charge is -2.38. The Hall–Kier alpha value is -1.55.